The van der Waals surface area contributed by atoms with E-state index in [1.807, 2.05) is 6.55 Å². The fraction of sp³-hybridized carbons (Fsp3) is 1.00. The summed E-state index contributed by atoms with van der Waals surface area (Å²) < 4.78 is 26.7. The molecule has 2 unspecified atom stereocenters. The van der Waals surface area contributed by atoms with Gasteiger partial charge in [0.25, 0.3) is 0 Å². The number of ether oxygens (including phenoxy) is 3. The van der Waals surface area contributed by atoms with Gasteiger partial charge in [-0.2, -0.15) is 0 Å². The maximum absolute atomic E-state index is 5.49. The minimum absolute atomic E-state index is 0.119. The highest BCUT2D eigenvalue weighted by molar-refractivity contribution is 6.67. The van der Waals surface area contributed by atoms with Crippen molar-refractivity contribution in [2.75, 3.05) is 41.2 Å². The summed E-state index contributed by atoms with van der Waals surface area (Å²) in [4.78, 5) is 0. The van der Waals surface area contributed by atoms with Gasteiger partial charge in [-0.3, -0.25) is 0 Å². The van der Waals surface area contributed by atoms with E-state index in [1.54, 1.807) is 21.3 Å². The smallest absolute Gasteiger partial charge is 0.366 e. The van der Waals surface area contributed by atoms with Crippen LogP contribution in [0.3, 0.4) is 0 Å². The van der Waals surface area contributed by atoms with Crippen LogP contribution in [-0.2, 0) is 23.1 Å². The lowest BCUT2D eigenvalue weighted by Gasteiger charge is -2.30. The Morgan fingerprint density at radius 2 is 1.93 bits per heavy atom. The van der Waals surface area contributed by atoms with E-state index in [9.17, 15) is 0 Å². The molecule has 0 spiro atoms. The van der Waals surface area contributed by atoms with E-state index in [0.29, 0.717) is 13.2 Å². The SMILES string of the molecule is COC(COCC1CO1)[Si](C)(OC)OC. The van der Waals surface area contributed by atoms with Crippen LogP contribution >= 0.6 is 0 Å². The molecular formula is C9H20O5Si. The van der Waals surface area contributed by atoms with Crippen molar-refractivity contribution in [2.24, 2.45) is 0 Å². The van der Waals surface area contributed by atoms with Crippen LogP contribution < -0.4 is 0 Å². The molecule has 0 aromatic heterocycles. The summed E-state index contributed by atoms with van der Waals surface area (Å²) in [5, 5.41) is 0. The summed E-state index contributed by atoms with van der Waals surface area (Å²) in [7, 11) is 2.67. The summed E-state index contributed by atoms with van der Waals surface area (Å²) >= 11 is 0. The molecule has 6 heteroatoms. The molecule has 1 fully saturated rings. The Morgan fingerprint density at radius 1 is 1.33 bits per heavy atom. The summed E-state index contributed by atoms with van der Waals surface area (Å²) in [6.45, 7) is 3.87. The topological polar surface area (TPSA) is 49.5 Å². The Balaban J connectivity index is 2.30. The third-order valence-electron chi connectivity index (χ3n) is 2.66. The zero-order chi connectivity index (χ0) is 11.3. The Morgan fingerprint density at radius 3 is 2.33 bits per heavy atom. The molecule has 0 aromatic carbocycles. The average molecular weight is 236 g/mol. The van der Waals surface area contributed by atoms with Crippen molar-refractivity contribution in [1.82, 2.24) is 0 Å². The highest BCUT2D eigenvalue weighted by Crippen LogP contribution is 2.15. The van der Waals surface area contributed by atoms with Gasteiger partial charge in [0, 0.05) is 21.3 Å². The Kier molecular flexibility index (Phi) is 5.17. The third-order valence-corrected chi connectivity index (χ3v) is 5.85. The van der Waals surface area contributed by atoms with Crippen LogP contribution in [0.15, 0.2) is 0 Å². The molecule has 0 amide bonds. The Hall–Kier alpha value is 0.0169. The van der Waals surface area contributed by atoms with Crippen LogP contribution in [0.25, 0.3) is 0 Å². The largest absolute Gasteiger partial charge is 0.396 e. The molecule has 5 nitrogen and oxygen atoms in total. The molecule has 0 aromatic rings. The van der Waals surface area contributed by atoms with E-state index in [0.717, 1.165) is 6.61 Å². The predicted octanol–water partition coefficient (Wildman–Crippen LogP) is 0.321. The van der Waals surface area contributed by atoms with E-state index in [2.05, 4.69) is 0 Å². The van der Waals surface area contributed by atoms with Gasteiger partial charge in [-0.1, -0.05) is 0 Å². The van der Waals surface area contributed by atoms with Gasteiger partial charge in [0.05, 0.1) is 19.8 Å². The Labute approximate surface area is 91.8 Å². The van der Waals surface area contributed by atoms with Crippen molar-refractivity contribution in [3.05, 3.63) is 0 Å². The van der Waals surface area contributed by atoms with Gasteiger partial charge in [-0.15, -0.1) is 0 Å². The van der Waals surface area contributed by atoms with Crippen molar-refractivity contribution in [2.45, 2.75) is 18.4 Å². The fourth-order valence-corrected chi connectivity index (χ4v) is 2.79. The van der Waals surface area contributed by atoms with Gasteiger partial charge in [0.1, 0.15) is 11.8 Å². The molecule has 0 radical (unpaired) electrons. The molecule has 0 aliphatic carbocycles. The fourth-order valence-electron chi connectivity index (χ4n) is 1.25. The van der Waals surface area contributed by atoms with E-state index in [1.165, 1.54) is 0 Å². The summed E-state index contributed by atoms with van der Waals surface area (Å²) in [5.41, 5.74) is -0.119. The third kappa shape index (κ3) is 3.82. The van der Waals surface area contributed by atoms with Gasteiger partial charge in [-0.05, 0) is 6.55 Å². The van der Waals surface area contributed by atoms with Gasteiger partial charge in [0.15, 0.2) is 0 Å². The van der Waals surface area contributed by atoms with Crippen LogP contribution in [0.4, 0.5) is 0 Å². The highest BCUT2D eigenvalue weighted by Gasteiger charge is 2.40. The molecule has 1 saturated heterocycles. The molecule has 90 valence electrons. The van der Waals surface area contributed by atoms with Crippen molar-refractivity contribution < 1.29 is 23.1 Å². The van der Waals surface area contributed by atoms with Crippen molar-refractivity contribution in [3.63, 3.8) is 0 Å². The van der Waals surface area contributed by atoms with Gasteiger partial charge in [0.2, 0.25) is 0 Å². The first-order chi connectivity index (χ1) is 7.16. The molecule has 0 bridgehead atoms. The molecular weight excluding hydrogens is 216 g/mol. The van der Waals surface area contributed by atoms with E-state index < -0.39 is 8.56 Å². The predicted molar refractivity (Wildman–Crippen MR) is 57.0 cm³/mol. The lowest BCUT2D eigenvalue weighted by Crippen LogP contribution is -2.52. The lowest BCUT2D eigenvalue weighted by atomic mass is 10.5. The number of methoxy groups -OCH3 is 1. The minimum atomic E-state index is -2.27. The van der Waals surface area contributed by atoms with Gasteiger partial charge < -0.3 is 23.1 Å². The van der Waals surface area contributed by atoms with Crippen LogP contribution in [0.1, 0.15) is 0 Å². The van der Waals surface area contributed by atoms with Crippen LogP contribution in [0.5, 0.6) is 0 Å². The second-order valence-electron chi connectivity index (χ2n) is 3.64. The van der Waals surface area contributed by atoms with E-state index in [-0.39, 0.29) is 11.8 Å². The van der Waals surface area contributed by atoms with Crippen molar-refractivity contribution >= 4 is 8.56 Å². The normalized spacial score (nSPS) is 22.8. The molecule has 0 saturated carbocycles. The van der Waals surface area contributed by atoms with E-state index >= 15 is 0 Å². The van der Waals surface area contributed by atoms with Crippen LogP contribution in [-0.4, -0.2) is 61.5 Å². The molecule has 0 N–H and O–H groups in total. The first-order valence-corrected chi connectivity index (χ1v) is 7.38. The quantitative estimate of drug-likeness (QED) is 0.449. The number of rotatable bonds is 8. The van der Waals surface area contributed by atoms with Gasteiger partial charge >= 0.3 is 8.56 Å². The zero-order valence-corrected chi connectivity index (χ0v) is 10.8. The van der Waals surface area contributed by atoms with Crippen LogP contribution in [0, 0.1) is 0 Å². The molecule has 2 atom stereocenters. The number of hydrogen-bond acceptors (Lipinski definition) is 5. The molecule has 1 heterocycles. The second kappa shape index (κ2) is 5.93. The summed E-state index contributed by atoms with van der Waals surface area (Å²) in [6, 6.07) is 0. The Bertz CT molecular complexity index is 181. The molecule has 1 aliphatic rings. The average Bonchev–Trinajstić information content (AvgIpc) is 3.07. The zero-order valence-electron chi connectivity index (χ0n) is 9.82. The van der Waals surface area contributed by atoms with Crippen molar-refractivity contribution in [1.29, 1.82) is 0 Å². The van der Waals surface area contributed by atoms with Crippen LogP contribution in [0.2, 0.25) is 6.55 Å². The number of epoxide rings is 1. The maximum Gasteiger partial charge on any atom is 0.366 e. The first-order valence-electron chi connectivity index (χ1n) is 4.98. The standard InChI is InChI=1S/C9H20O5Si/c1-10-9(15(4,11-2)12-3)7-13-5-8-6-14-8/h8-9H,5-7H2,1-4H3. The number of hydrogen-bond donors (Lipinski definition) is 0. The molecule has 1 aliphatic heterocycles. The molecule has 15 heavy (non-hydrogen) atoms. The first kappa shape index (κ1) is 13.1. The lowest BCUT2D eigenvalue weighted by molar-refractivity contribution is 0.0148. The monoisotopic (exact) mass is 236 g/mol. The van der Waals surface area contributed by atoms with E-state index in [4.69, 9.17) is 23.1 Å². The summed E-state index contributed by atoms with van der Waals surface area (Å²) in [5.74, 6) is 0. The maximum atomic E-state index is 5.49. The highest BCUT2D eigenvalue weighted by atomic mass is 28.4. The minimum Gasteiger partial charge on any atom is -0.396 e. The molecule has 1 rings (SSSR count). The van der Waals surface area contributed by atoms with Gasteiger partial charge in [-0.25, -0.2) is 0 Å². The second-order valence-corrected chi connectivity index (χ2v) is 7.13. The van der Waals surface area contributed by atoms with Crippen molar-refractivity contribution in [3.8, 4) is 0 Å². The summed E-state index contributed by atoms with van der Waals surface area (Å²) in [6.07, 6.45) is 0.278.